The number of thiocarbonyl (C=S) groups is 1. The molecule has 1 aliphatic rings. The minimum Gasteiger partial charge on any atom is -0.497 e. The number of thioether (sulfide) groups is 1. The minimum absolute atomic E-state index is 0.186. The van der Waals surface area contributed by atoms with E-state index in [0.717, 1.165) is 28.3 Å². The van der Waals surface area contributed by atoms with Crippen LogP contribution >= 0.6 is 24.0 Å². The van der Waals surface area contributed by atoms with Gasteiger partial charge in [-0.1, -0.05) is 54.3 Å². The summed E-state index contributed by atoms with van der Waals surface area (Å²) in [4.78, 5) is 12.6. The van der Waals surface area contributed by atoms with Gasteiger partial charge in [0.1, 0.15) is 15.8 Å². The zero-order valence-electron chi connectivity index (χ0n) is 14.4. The fourth-order valence-corrected chi connectivity index (χ4v) is 3.80. The molecule has 2 heterocycles. The molecule has 3 aromatic rings. The summed E-state index contributed by atoms with van der Waals surface area (Å²) >= 11 is 6.34. The molecule has 0 saturated carbocycles. The quantitative estimate of drug-likeness (QED) is 0.536. The largest absolute Gasteiger partial charge is 0.497 e. The van der Waals surface area contributed by atoms with Crippen LogP contribution in [-0.2, 0) is 4.79 Å². The highest BCUT2D eigenvalue weighted by Gasteiger charge is 2.23. The first-order valence-corrected chi connectivity index (χ1v) is 9.41. The van der Waals surface area contributed by atoms with Crippen LogP contribution in [0.3, 0.4) is 0 Å². The molecular formula is C20H15N3O2S2. The third-order valence-electron chi connectivity index (χ3n) is 4.04. The fourth-order valence-electron chi connectivity index (χ4n) is 2.76. The number of aromatic nitrogens is 2. The van der Waals surface area contributed by atoms with Gasteiger partial charge in [0, 0.05) is 17.3 Å². The second kappa shape index (κ2) is 7.38. The van der Waals surface area contributed by atoms with Gasteiger partial charge >= 0.3 is 0 Å². The van der Waals surface area contributed by atoms with Gasteiger partial charge in [-0.25, -0.2) is 4.68 Å². The van der Waals surface area contributed by atoms with Gasteiger partial charge in [0.05, 0.1) is 17.7 Å². The molecule has 1 aliphatic heterocycles. The Kier molecular flexibility index (Phi) is 4.79. The molecule has 0 bridgehead atoms. The van der Waals surface area contributed by atoms with Crippen LogP contribution in [0.25, 0.3) is 23.0 Å². The molecule has 5 nitrogen and oxygen atoms in total. The lowest BCUT2D eigenvalue weighted by atomic mass is 10.1. The lowest BCUT2D eigenvalue weighted by molar-refractivity contribution is -0.115. The van der Waals surface area contributed by atoms with Crippen molar-refractivity contribution in [1.29, 1.82) is 0 Å². The van der Waals surface area contributed by atoms with Gasteiger partial charge in [0.25, 0.3) is 5.91 Å². The first kappa shape index (κ1) is 17.5. The molecule has 1 N–H and O–H groups in total. The summed E-state index contributed by atoms with van der Waals surface area (Å²) in [5.74, 6) is 0.559. The van der Waals surface area contributed by atoms with E-state index < -0.39 is 0 Å². The second-order valence-electron chi connectivity index (χ2n) is 5.80. The van der Waals surface area contributed by atoms with Gasteiger partial charge in [0.2, 0.25) is 0 Å². The Hall–Kier alpha value is -2.90. The van der Waals surface area contributed by atoms with Crippen molar-refractivity contribution in [1.82, 2.24) is 15.1 Å². The molecular weight excluding hydrogens is 378 g/mol. The Balaban J connectivity index is 1.85. The maximum atomic E-state index is 12.1. The highest BCUT2D eigenvalue weighted by molar-refractivity contribution is 8.26. The van der Waals surface area contributed by atoms with Crippen LogP contribution in [0.5, 0.6) is 5.75 Å². The predicted molar refractivity (Wildman–Crippen MR) is 112 cm³/mol. The summed E-state index contributed by atoms with van der Waals surface area (Å²) in [6, 6.07) is 17.5. The molecule has 0 radical (unpaired) electrons. The van der Waals surface area contributed by atoms with Gasteiger partial charge in [-0.2, -0.15) is 5.10 Å². The molecule has 0 spiro atoms. The number of benzene rings is 2. The van der Waals surface area contributed by atoms with E-state index in [4.69, 9.17) is 22.1 Å². The first-order chi connectivity index (χ1) is 13.1. The van der Waals surface area contributed by atoms with Crippen LogP contribution in [0, 0.1) is 0 Å². The maximum Gasteiger partial charge on any atom is 0.263 e. The van der Waals surface area contributed by atoms with Crippen LogP contribution in [-0.4, -0.2) is 27.1 Å². The number of nitrogens with zero attached hydrogens (tertiary/aromatic N) is 2. The van der Waals surface area contributed by atoms with Crippen molar-refractivity contribution in [3.05, 3.63) is 71.3 Å². The zero-order chi connectivity index (χ0) is 18.8. The summed E-state index contributed by atoms with van der Waals surface area (Å²) in [6.45, 7) is 0. The van der Waals surface area contributed by atoms with E-state index in [1.54, 1.807) is 11.8 Å². The zero-order valence-corrected chi connectivity index (χ0v) is 16.0. The summed E-state index contributed by atoms with van der Waals surface area (Å²) in [5, 5.41) is 7.40. The summed E-state index contributed by atoms with van der Waals surface area (Å²) in [5.41, 5.74) is 3.43. The number of hydrogen-bond donors (Lipinski definition) is 1. The molecule has 1 fully saturated rings. The van der Waals surface area contributed by atoms with Gasteiger partial charge in [0.15, 0.2) is 0 Å². The van der Waals surface area contributed by atoms with Crippen molar-refractivity contribution >= 4 is 40.3 Å². The summed E-state index contributed by atoms with van der Waals surface area (Å²) < 4.78 is 7.60. The molecule has 1 aromatic heterocycles. The number of methoxy groups -OCH3 is 1. The maximum absolute atomic E-state index is 12.1. The van der Waals surface area contributed by atoms with E-state index in [1.165, 1.54) is 11.8 Å². The summed E-state index contributed by atoms with van der Waals surface area (Å²) in [7, 11) is 1.63. The van der Waals surface area contributed by atoms with Crippen molar-refractivity contribution in [3.8, 4) is 22.7 Å². The molecule has 27 heavy (non-hydrogen) atoms. The van der Waals surface area contributed by atoms with E-state index in [-0.39, 0.29) is 5.91 Å². The number of ether oxygens (including phenoxy) is 1. The number of carbonyl (C=O) groups excluding carboxylic acids is 1. The Morgan fingerprint density at radius 1 is 1.19 bits per heavy atom. The van der Waals surface area contributed by atoms with Gasteiger partial charge < -0.3 is 10.1 Å². The number of nitrogens with one attached hydrogen (secondary N) is 1. The van der Waals surface area contributed by atoms with Crippen LogP contribution in [0.1, 0.15) is 5.56 Å². The Morgan fingerprint density at radius 2 is 2.00 bits per heavy atom. The highest BCUT2D eigenvalue weighted by atomic mass is 32.2. The molecule has 1 amide bonds. The number of para-hydroxylation sites is 1. The van der Waals surface area contributed by atoms with E-state index in [0.29, 0.717) is 9.23 Å². The molecule has 2 aromatic carbocycles. The fraction of sp³-hybridized carbons (Fsp3) is 0.0500. The summed E-state index contributed by atoms with van der Waals surface area (Å²) in [6.07, 6.45) is 3.73. The van der Waals surface area contributed by atoms with Crippen LogP contribution < -0.4 is 10.1 Å². The molecule has 0 unspecified atom stereocenters. The highest BCUT2D eigenvalue weighted by Crippen LogP contribution is 2.32. The standard InChI is InChI=1S/C20H15N3O2S2/c1-25-16-9-5-6-13(10-16)18-14(11-17-19(24)21-20(26)27-17)12-23(22-18)15-7-3-2-4-8-15/h2-12H,1H3,(H,21,24,26)/b17-11+. The normalized spacial score (nSPS) is 15.2. The second-order valence-corrected chi connectivity index (χ2v) is 7.52. The van der Waals surface area contributed by atoms with Gasteiger partial charge in [-0.05, 0) is 30.3 Å². The number of amides is 1. The topological polar surface area (TPSA) is 56.1 Å². The molecule has 0 atom stereocenters. The third kappa shape index (κ3) is 3.65. The molecule has 1 saturated heterocycles. The molecule has 134 valence electrons. The van der Waals surface area contributed by atoms with E-state index >= 15 is 0 Å². The van der Waals surface area contributed by atoms with Crippen molar-refractivity contribution < 1.29 is 9.53 Å². The van der Waals surface area contributed by atoms with Crippen molar-refractivity contribution in [2.45, 2.75) is 0 Å². The Morgan fingerprint density at radius 3 is 2.70 bits per heavy atom. The van der Waals surface area contributed by atoms with Crippen molar-refractivity contribution in [2.24, 2.45) is 0 Å². The van der Waals surface area contributed by atoms with Crippen molar-refractivity contribution in [3.63, 3.8) is 0 Å². The smallest absolute Gasteiger partial charge is 0.263 e. The molecule has 7 heteroatoms. The molecule has 4 rings (SSSR count). The third-order valence-corrected chi connectivity index (χ3v) is 5.20. The minimum atomic E-state index is -0.186. The predicted octanol–water partition coefficient (Wildman–Crippen LogP) is 4.04. The van der Waals surface area contributed by atoms with Crippen molar-refractivity contribution in [2.75, 3.05) is 7.11 Å². The average Bonchev–Trinajstić information content (AvgIpc) is 3.25. The number of rotatable bonds is 4. The average molecular weight is 393 g/mol. The number of carbonyl (C=O) groups is 1. The monoisotopic (exact) mass is 393 g/mol. The Labute approximate surface area is 166 Å². The van der Waals surface area contributed by atoms with E-state index in [1.807, 2.05) is 66.9 Å². The van der Waals surface area contributed by atoms with E-state index in [2.05, 4.69) is 5.32 Å². The van der Waals surface area contributed by atoms with Crippen LogP contribution in [0.15, 0.2) is 65.7 Å². The Bertz CT molecular complexity index is 1060. The van der Waals surface area contributed by atoms with Gasteiger partial charge in [-0.3, -0.25) is 4.79 Å². The number of hydrogen-bond acceptors (Lipinski definition) is 5. The van der Waals surface area contributed by atoms with Gasteiger partial charge in [-0.15, -0.1) is 0 Å². The lowest BCUT2D eigenvalue weighted by Crippen LogP contribution is -2.17. The first-order valence-electron chi connectivity index (χ1n) is 8.18. The van der Waals surface area contributed by atoms with Crippen LogP contribution in [0.4, 0.5) is 0 Å². The lowest BCUT2D eigenvalue weighted by Gasteiger charge is -2.03. The molecule has 0 aliphatic carbocycles. The van der Waals surface area contributed by atoms with E-state index in [9.17, 15) is 4.79 Å². The van der Waals surface area contributed by atoms with Crippen LogP contribution in [0.2, 0.25) is 0 Å². The SMILES string of the molecule is COc1cccc(-c2nn(-c3ccccc3)cc2/C=C2/SC(=S)NC2=O)c1.